The van der Waals surface area contributed by atoms with Crippen LogP contribution in [-0.2, 0) is 4.74 Å². The van der Waals surface area contributed by atoms with Crippen LogP contribution in [-0.4, -0.2) is 50.7 Å². The summed E-state index contributed by atoms with van der Waals surface area (Å²) < 4.78 is 7.91. The molecule has 0 unspecified atom stereocenters. The van der Waals surface area contributed by atoms with Crippen molar-refractivity contribution in [1.82, 2.24) is 19.5 Å². The van der Waals surface area contributed by atoms with E-state index in [1.54, 1.807) is 10.7 Å². The van der Waals surface area contributed by atoms with Crippen molar-refractivity contribution >= 4 is 11.6 Å². The zero-order valence-electron chi connectivity index (χ0n) is 13.3. The van der Waals surface area contributed by atoms with Crippen LogP contribution >= 0.6 is 0 Å². The molecule has 1 saturated carbocycles. The first-order valence-electron chi connectivity index (χ1n) is 8.49. The third kappa shape index (κ3) is 2.72. The maximum absolute atomic E-state index is 13.0. The first-order valence-corrected chi connectivity index (χ1v) is 8.49. The number of morpholine rings is 1. The summed E-state index contributed by atoms with van der Waals surface area (Å²) in [4.78, 5) is 15.0. The molecule has 0 N–H and O–H groups in total. The first-order chi connectivity index (χ1) is 11.3. The highest BCUT2D eigenvalue weighted by molar-refractivity contribution is 5.93. The van der Waals surface area contributed by atoms with E-state index < -0.39 is 0 Å². The molecule has 6 heteroatoms. The summed E-state index contributed by atoms with van der Waals surface area (Å²) in [7, 11) is 0. The van der Waals surface area contributed by atoms with Gasteiger partial charge in [-0.1, -0.05) is 31.7 Å². The number of amides is 1. The average molecular weight is 314 g/mol. The van der Waals surface area contributed by atoms with E-state index in [0.29, 0.717) is 31.0 Å². The molecule has 1 aliphatic carbocycles. The number of ether oxygens (including phenoxy) is 1. The minimum Gasteiger partial charge on any atom is -0.371 e. The van der Waals surface area contributed by atoms with Crippen LogP contribution in [0, 0.1) is 0 Å². The highest BCUT2D eigenvalue weighted by atomic mass is 16.5. The van der Waals surface area contributed by atoms with Crippen molar-refractivity contribution in [2.45, 2.75) is 44.1 Å². The Morgan fingerprint density at radius 3 is 2.83 bits per heavy atom. The Labute approximate surface area is 135 Å². The molecule has 23 heavy (non-hydrogen) atoms. The van der Waals surface area contributed by atoms with Gasteiger partial charge in [0.1, 0.15) is 12.0 Å². The number of carbonyl (C=O) groups is 1. The summed E-state index contributed by atoms with van der Waals surface area (Å²) in [6, 6.07) is 5.56. The maximum Gasteiger partial charge on any atom is 0.271 e. The standard InChI is InChI=1S/C17H22N4O2/c22-16(14-6-5-7-15-19-18-13-21(14)15)20-10-11-23-17(12-20)8-3-1-2-4-9-17/h5-7,13H,1-4,8-12H2. The van der Waals surface area contributed by atoms with Gasteiger partial charge in [-0.05, 0) is 25.0 Å². The molecule has 1 spiro atoms. The number of aromatic nitrogens is 3. The van der Waals surface area contributed by atoms with Gasteiger partial charge < -0.3 is 9.64 Å². The van der Waals surface area contributed by atoms with Gasteiger partial charge >= 0.3 is 0 Å². The molecule has 122 valence electrons. The number of rotatable bonds is 1. The maximum atomic E-state index is 13.0. The summed E-state index contributed by atoms with van der Waals surface area (Å²) in [6.45, 7) is 1.98. The molecule has 2 aromatic rings. The van der Waals surface area contributed by atoms with E-state index >= 15 is 0 Å². The lowest BCUT2D eigenvalue weighted by Gasteiger charge is -2.42. The lowest BCUT2D eigenvalue weighted by molar-refractivity contribution is -0.107. The van der Waals surface area contributed by atoms with Gasteiger partial charge in [0.05, 0.1) is 18.8 Å². The number of hydrogen-bond donors (Lipinski definition) is 0. The number of nitrogens with zero attached hydrogens (tertiary/aromatic N) is 4. The molecule has 6 nitrogen and oxygen atoms in total. The molecule has 2 aliphatic rings. The van der Waals surface area contributed by atoms with Gasteiger partial charge in [0.2, 0.25) is 0 Å². The average Bonchev–Trinajstić information content (AvgIpc) is 2.96. The van der Waals surface area contributed by atoms with Crippen molar-refractivity contribution in [2.24, 2.45) is 0 Å². The molecular formula is C17H22N4O2. The van der Waals surface area contributed by atoms with Crippen LogP contribution in [0.15, 0.2) is 24.5 Å². The van der Waals surface area contributed by atoms with E-state index in [0.717, 1.165) is 12.8 Å². The largest absolute Gasteiger partial charge is 0.371 e. The van der Waals surface area contributed by atoms with E-state index in [9.17, 15) is 4.79 Å². The van der Waals surface area contributed by atoms with Crippen molar-refractivity contribution in [3.05, 3.63) is 30.2 Å². The number of hydrogen-bond acceptors (Lipinski definition) is 4. The van der Waals surface area contributed by atoms with E-state index in [4.69, 9.17) is 4.74 Å². The van der Waals surface area contributed by atoms with Crippen LogP contribution in [0.5, 0.6) is 0 Å². The lowest BCUT2D eigenvalue weighted by Crippen LogP contribution is -2.53. The second-order valence-electron chi connectivity index (χ2n) is 6.64. The number of pyridine rings is 1. The molecule has 0 aromatic carbocycles. The fourth-order valence-electron chi connectivity index (χ4n) is 3.88. The van der Waals surface area contributed by atoms with Crippen molar-refractivity contribution in [2.75, 3.05) is 19.7 Å². The Balaban J connectivity index is 1.59. The predicted molar refractivity (Wildman–Crippen MR) is 85.3 cm³/mol. The number of fused-ring (bicyclic) bond motifs is 1. The van der Waals surface area contributed by atoms with Crippen LogP contribution in [0.25, 0.3) is 5.65 Å². The number of carbonyl (C=O) groups excluding carboxylic acids is 1. The quantitative estimate of drug-likeness (QED) is 0.810. The highest BCUT2D eigenvalue weighted by Crippen LogP contribution is 2.33. The minimum absolute atomic E-state index is 0.0438. The van der Waals surface area contributed by atoms with Gasteiger partial charge in [0.15, 0.2) is 5.65 Å². The topological polar surface area (TPSA) is 59.7 Å². The van der Waals surface area contributed by atoms with Crippen LogP contribution in [0.4, 0.5) is 0 Å². The first kappa shape index (κ1) is 14.6. The second kappa shape index (κ2) is 5.92. The van der Waals surface area contributed by atoms with Crippen molar-refractivity contribution in [1.29, 1.82) is 0 Å². The van der Waals surface area contributed by atoms with E-state index in [-0.39, 0.29) is 11.5 Å². The molecule has 0 radical (unpaired) electrons. The van der Waals surface area contributed by atoms with E-state index in [2.05, 4.69) is 10.2 Å². The van der Waals surface area contributed by atoms with Crippen molar-refractivity contribution in [3.8, 4) is 0 Å². The highest BCUT2D eigenvalue weighted by Gasteiger charge is 2.38. The van der Waals surface area contributed by atoms with Crippen LogP contribution < -0.4 is 0 Å². The molecule has 1 amide bonds. The molecule has 2 fully saturated rings. The Kier molecular flexibility index (Phi) is 3.77. The third-order valence-electron chi connectivity index (χ3n) is 5.10. The fourth-order valence-corrected chi connectivity index (χ4v) is 3.88. The molecule has 4 rings (SSSR count). The second-order valence-corrected chi connectivity index (χ2v) is 6.64. The van der Waals surface area contributed by atoms with Crippen LogP contribution in [0.3, 0.4) is 0 Å². The molecule has 1 aliphatic heterocycles. The Hall–Kier alpha value is -1.95. The summed E-state index contributed by atoms with van der Waals surface area (Å²) in [6.07, 6.45) is 8.68. The SMILES string of the molecule is O=C(c1cccc2nncn12)N1CCOC2(CCCCCC2)C1. The zero-order chi connectivity index (χ0) is 15.7. The molecule has 0 bridgehead atoms. The zero-order valence-corrected chi connectivity index (χ0v) is 13.3. The Bertz CT molecular complexity index is 703. The smallest absolute Gasteiger partial charge is 0.271 e. The Morgan fingerprint density at radius 1 is 1.17 bits per heavy atom. The molecule has 3 heterocycles. The van der Waals surface area contributed by atoms with Crippen LogP contribution in [0.1, 0.15) is 49.0 Å². The van der Waals surface area contributed by atoms with E-state index in [1.807, 2.05) is 23.1 Å². The van der Waals surface area contributed by atoms with E-state index in [1.165, 1.54) is 25.7 Å². The van der Waals surface area contributed by atoms with Crippen molar-refractivity contribution in [3.63, 3.8) is 0 Å². The summed E-state index contributed by atoms with van der Waals surface area (Å²) >= 11 is 0. The van der Waals surface area contributed by atoms with Crippen molar-refractivity contribution < 1.29 is 9.53 Å². The molecule has 0 atom stereocenters. The lowest BCUT2D eigenvalue weighted by atomic mass is 9.92. The summed E-state index contributed by atoms with van der Waals surface area (Å²) in [5, 5.41) is 7.92. The molecule has 2 aromatic heterocycles. The van der Waals surface area contributed by atoms with Gasteiger partial charge in [-0.2, -0.15) is 0 Å². The fraction of sp³-hybridized carbons (Fsp3) is 0.588. The minimum atomic E-state index is -0.133. The monoisotopic (exact) mass is 314 g/mol. The Morgan fingerprint density at radius 2 is 2.00 bits per heavy atom. The summed E-state index contributed by atoms with van der Waals surface area (Å²) in [5.41, 5.74) is 1.19. The van der Waals surface area contributed by atoms with Gasteiger partial charge in [-0.3, -0.25) is 9.20 Å². The molecular weight excluding hydrogens is 292 g/mol. The van der Waals surface area contributed by atoms with Gasteiger partial charge in [0.25, 0.3) is 5.91 Å². The van der Waals surface area contributed by atoms with Crippen LogP contribution in [0.2, 0.25) is 0 Å². The third-order valence-corrected chi connectivity index (χ3v) is 5.10. The van der Waals surface area contributed by atoms with Gasteiger partial charge in [-0.15, -0.1) is 10.2 Å². The molecule has 1 saturated heterocycles. The summed E-state index contributed by atoms with van der Waals surface area (Å²) in [5.74, 6) is 0.0438. The van der Waals surface area contributed by atoms with Gasteiger partial charge in [-0.25, -0.2) is 0 Å². The normalized spacial score (nSPS) is 21.5. The predicted octanol–water partition coefficient (Wildman–Crippen LogP) is 2.29. The van der Waals surface area contributed by atoms with Gasteiger partial charge in [0, 0.05) is 6.54 Å².